The number of thioether (sulfide) groups is 1. The van der Waals surface area contributed by atoms with Crippen molar-refractivity contribution < 1.29 is 9.18 Å². The molecular formula is C21H20FN3O2S. The van der Waals surface area contributed by atoms with E-state index in [1.807, 2.05) is 31.2 Å². The Morgan fingerprint density at radius 1 is 1.14 bits per heavy atom. The second-order valence-corrected chi connectivity index (χ2v) is 7.69. The van der Waals surface area contributed by atoms with Crippen LogP contribution in [-0.4, -0.2) is 20.9 Å². The third-order valence-corrected chi connectivity index (χ3v) is 5.16. The number of amides is 1. The number of hydrogen-bond acceptors (Lipinski definition) is 4. The zero-order valence-electron chi connectivity index (χ0n) is 15.6. The Kier molecular flexibility index (Phi) is 6.26. The molecule has 0 aliphatic carbocycles. The second-order valence-electron chi connectivity index (χ2n) is 6.33. The van der Waals surface area contributed by atoms with E-state index in [-0.39, 0.29) is 23.8 Å². The van der Waals surface area contributed by atoms with Gasteiger partial charge in [0.25, 0.3) is 5.56 Å². The highest BCUT2D eigenvalue weighted by Gasteiger charge is 2.16. The number of benzene rings is 2. The summed E-state index contributed by atoms with van der Waals surface area (Å²) in [6.07, 6.45) is 0. The number of aryl methyl sites for hydroxylation is 1. The number of nitrogens with one attached hydrogen (secondary N) is 1. The first-order chi connectivity index (χ1) is 13.4. The van der Waals surface area contributed by atoms with Crippen LogP contribution in [0.4, 0.5) is 4.39 Å². The number of carbonyl (C=O) groups excluding carboxylic acids is 1. The van der Waals surface area contributed by atoms with Crippen LogP contribution in [0.3, 0.4) is 0 Å². The molecule has 0 bridgehead atoms. The third-order valence-electron chi connectivity index (χ3n) is 4.13. The van der Waals surface area contributed by atoms with Crippen molar-refractivity contribution in [2.24, 2.45) is 0 Å². The van der Waals surface area contributed by atoms with E-state index in [0.29, 0.717) is 16.3 Å². The molecule has 0 saturated heterocycles. The molecule has 0 saturated carbocycles. The monoisotopic (exact) mass is 397 g/mol. The molecule has 144 valence electrons. The average molecular weight is 397 g/mol. The summed E-state index contributed by atoms with van der Waals surface area (Å²) in [5, 5.41) is 7.18. The molecule has 1 amide bonds. The van der Waals surface area contributed by atoms with Gasteiger partial charge >= 0.3 is 0 Å². The first-order valence-corrected chi connectivity index (χ1v) is 9.67. The van der Waals surface area contributed by atoms with Gasteiger partial charge in [-0.2, -0.15) is 9.78 Å². The molecule has 0 radical (unpaired) electrons. The standard InChI is InChI=1S/C21H20FN3O2S/c1-14-7-9-17(10-8-14)25-20(26)12-11-19(24-25)28-15(2)21(27)23-13-16-5-3-4-6-18(16)22/h3-12,15H,13H2,1-2H3,(H,23,27). The van der Waals surface area contributed by atoms with E-state index in [9.17, 15) is 14.0 Å². The zero-order chi connectivity index (χ0) is 20.1. The van der Waals surface area contributed by atoms with Gasteiger partial charge in [-0.15, -0.1) is 0 Å². The number of nitrogens with zero attached hydrogens (tertiary/aromatic N) is 2. The highest BCUT2D eigenvalue weighted by molar-refractivity contribution is 8.00. The first-order valence-electron chi connectivity index (χ1n) is 8.79. The highest BCUT2D eigenvalue weighted by Crippen LogP contribution is 2.21. The fourth-order valence-electron chi connectivity index (χ4n) is 2.53. The van der Waals surface area contributed by atoms with Crippen molar-refractivity contribution in [3.63, 3.8) is 0 Å². The molecule has 0 fully saturated rings. The van der Waals surface area contributed by atoms with E-state index in [1.165, 1.54) is 28.6 Å². The van der Waals surface area contributed by atoms with Crippen molar-refractivity contribution in [3.05, 3.63) is 88.0 Å². The Hall–Kier alpha value is -2.93. The van der Waals surface area contributed by atoms with Crippen LogP contribution in [0.25, 0.3) is 5.69 Å². The first kappa shape index (κ1) is 19.8. The minimum Gasteiger partial charge on any atom is -0.351 e. The lowest BCUT2D eigenvalue weighted by Crippen LogP contribution is -2.31. The van der Waals surface area contributed by atoms with Gasteiger partial charge in [-0.1, -0.05) is 47.7 Å². The average Bonchev–Trinajstić information content (AvgIpc) is 2.69. The number of rotatable bonds is 6. The SMILES string of the molecule is Cc1ccc(-n2nc(SC(C)C(=O)NCc3ccccc3F)ccc2=O)cc1. The van der Waals surface area contributed by atoms with E-state index in [0.717, 1.165) is 5.56 Å². The van der Waals surface area contributed by atoms with Crippen LogP contribution in [0.1, 0.15) is 18.1 Å². The lowest BCUT2D eigenvalue weighted by molar-refractivity contribution is -0.120. The van der Waals surface area contributed by atoms with Crippen molar-refractivity contribution in [2.45, 2.75) is 30.7 Å². The van der Waals surface area contributed by atoms with Gasteiger partial charge in [0.2, 0.25) is 5.91 Å². The highest BCUT2D eigenvalue weighted by atomic mass is 32.2. The molecule has 3 rings (SSSR count). The fraction of sp³-hybridized carbons (Fsp3) is 0.190. The van der Waals surface area contributed by atoms with Crippen molar-refractivity contribution in [2.75, 3.05) is 0 Å². The zero-order valence-corrected chi connectivity index (χ0v) is 16.4. The summed E-state index contributed by atoms with van der Waals surface area (Å²) in [6.45, 7) is 3.82. The number of hydrogen-bond donors (Lipinski definition) is 1. The molecule has 5 nitrogen and oxygen atoms in total. The molecule has 1 atom stereocenters. The molecule has 1 N–H and O–H groups in total. The molecular weight excluding hydrogens is 377 g/mol. The summed E-state index contributed by atoms with van der Waals surface area (Å²) in [5.74, 6) is -0.585. The van der Waals surface area contributed by atoms with Crippen LogP contribution in [-0.2, 0) is 11.3 Å². The molecule has 0 aliphatic heterocycles. The molecule has 1 aromatic heterocycles. The summed E-state index contributed by atoms with van der Waals surface area (Å²) < 4.78 is 15.0. The van der Waals surface area contributed by atoms with E-state index in [1.54, 1.807) is 31.2 Å². The largest absolute Gasteiger partial charge is 0.351 e. The van der Waals surface area contributed by atoms with Gasteiger partial charge in [0.1, 0.15) is 10.8 Å². The molecule has 2 aromatic carbocycles. The van der Waals surface area contributed by atoms with E-state index < -0.39 is 5.25 Å². The van der Waals surface area contributed by atoms with Crippen molar-refractivity contribution >= 4 is 17.7 Å². The third kappa shape index (κ3) is 4.86. The van der Waals surface area contributed by atoms with Crippen molar-refractivity contribution in [1.29, 1.82) is 0 Å². The maximum Gasteiger partial charge on any atom is 0.271 e. The molecule has 1 heterocycles. The van der Waals surface area contributed by atoms with Gasteiger partial charge in [0.05, 0.1) is 10.9 Å². The molecule has 1 unspecified atom stereocenters. The van der Waals surface area contributed by atoms with E-state index >= 15 is 0 Å². The Bertz CT molecular complexity index is 1030. The Morgan fingerprint density at radius 3 is 2.57 bits per heavy atom. The summed E-state index contributed by atoms with van der Waals surface area (Å²) in [5.41, 5.74) is 1.93. The van der Waals surface area contributed by atoms with Crippen molar-refractivity contribution in [1.82, 2.24) is 15.1 Å². The summed E-state index contributed by atoms with van der Waals surface area (Å²) in [4.78, 5) is 24.5. The van der Waals surface area contributed by atoms with Crippen LogP contribution < -0.4 is 10.9 Å². The van der Waals surface area contributed by atoms with Crippen LogP contribution in [0.15, 0.2) is 70.5 Å². The number of carbonyl (C=O) groups is 1. The van der Waals surface area contributed by atoms with Crippen LogP contribution >= 0.6 is 11.8 Å². The topological polar surface area (TPSA) is 64.0 Å². The molecule has 0 aliphatic rings. The second kappa shape index (κ2) is 8.84. The summed E-state index contributed by atoms with van der Waals surface area (Å²) >= 11 is 1.24. The smallest absolute Gasteiger partial charge is 0.271 e. The lowest BCUT2D eigenvalue weighted by atomic mass is 10.2. The number of aromatic nitrogens is 2. The van der Waals surface area contributed by atoms with Gasteiger partial charge in [-0.05, 0) is 38.1 Å². The summed E-state index contributed by atoms with van der Waals surface area (Å²) in [6, 6.07) is 16.8. The van der Waals surface area contributed by atoms with Crippen molar-refractivity contribution in [3.8, 4) is 5.69 Å². The number of halogens is 1. The Labute approximate surface area is 166 Å². The van der Waals surface area contributed by atoms with Crippen LogP contribution in [0.2, 0.25) is 0 Å². The molecule has 7 heteroatoms. The van der Waals surface area contributed by atoms with Gasteiger partial charge in [0, 0.05) is 18.2 Å². The predicted octanol–water partition coefficient (Wildman–Crippen LogP) is 3.48. The van der Waals surface area contributed by atoms with Gasteiger partial charge in [0.15, 0.2) is 0 Å². The summed E-state index contributed by atoms with van der Waals surface area (Å²) in [7, 11) is 0. The minimum atomic E-state index is -0.455. The maximum atomic E-state index is 13.7. The van der Waals surface area contributed by atoms with Gasteiger partial charge < -0.3 is 5.32 Å². The minimum absolute atomic E-state index is 0.118. The fourth-order valence-corrected chi connectivity index (χ4v) is 3.36. The van der Waals surface area contributed by atoms with E-state index in [4.69, 9.17) is 0 Å². The van der Waals surface area contributed by atoms with Gasteiger partial charge in [-0.3, -0.25) is 9.59 Å². The Morgan fingerprint density at radius 2 is 1.86 bits per heavy atom. The van der Waals surface area contributed by atoms with Crippen LogP contribution in [0.5, 0.6) is 0 Å². The van der Waals surface area contributed by atoms with Gasteiger partial charge in [-0.25, -0.2) is 4.39 Å². The molecule has 28 heavy (non-hydrogen) atoms. The van der Waals surface area contributed by atoms with Crippen LogP contribution in [0, 0.1) is 12.7 Å². The van der Waals surface area contributed by atoms with E-state index in [2.05, 4.69) is 10.4 Å². The Balaban J connectivity index is 1.68. The maximum absolute atomic E-state index is 13.7. The predicted molar refractivity (Wildman–Crippen MR) is 108 cm³/mol. The lowest BCUT2D eigenvalue weighted by Gasteiger charge is -2.13. The molecule has 0 spiro atoms. The molecule has 3 aromatic rings. The normalized spacial score (nSPS) is 11.8. The quantitative estimate of drug-likeness (QED) is 0.647.